The van der Waals surface area contributed by atoms with E-state index in [-0.39, 0.29) is 5.82 Å². The van der Waals surface area contributed by atoms with E-state index in [9.17, 15) is 4.79 Å². The molecule has 6 heteroatoms. The maximum atomic E-state index is 11.4. The maximum Gasteiger partial charge on any atom is 0.377 e. The Kier molecular flexibility index (Phi) is 5.25. The fraction of sp³-hybridized carbons (Fsp3) is 0.500. The molecule has 1 aromatic heterocycles. The summed E-state index contributed by atoms with van der Waals surface area (Å²) in [5.41, 5.74) is 2.71. The fourth-order valence-corrected chi connectivity index (χ4v) is 3.26. The molecule has 1 saturated heterocycles. The summed E-state index contributed by atoms with van der Waals surface area (Å²) in [7, 11) is 1.34. The van der Waals surface area contributed by atoms with Crippen molar-refractivity contribution in [3.05, 3.63) is 47.5 Å². The Labute approximate surface area is 142 Å². The lowest BCUT2D eigenvalue weighted by atomic mass is 9.91. The van der Waals surface area contributed by atoms with E-state index in [1.807, 2.05) is 0 Å². The van der Waals surface area contributed by atoms with E-state index >= 15 is 0 Å². The molecule has 1 atom stereocenters. The molecule has 24 heavy (non-hydrogen) atoms. The minimum absolute atomic E-state index is 0.116. The number of carbonyl (C=O) groups excluding carboxylic acids is 1. The lowest BCUT2D eigenvalue weighted by Gasteiger charge is -2.32. The van der Waals surface area contributed by atoms with Crippen LogP contribution in [0.1, 0.15) is 34.6 Å². The molecule has 0 unspecified atom stereocenters. The molecule has 0 N–H and O–H groups in total. The molecule has 2 aromatic rings. The van der Waals surface area contributed by atoms with Gasteiger partial charge in [-0.3, -0.25) is 4.90 Å². The number of benzene rings is 1. The molecule has 0 spiro atoms. The molecule has 0 radical (unpaired) electrons. The molecule has 1 aliphatic rings. The summed E-state index contributed by atoms with van der Waals surface area (Å²) in [6, 6.07) is 8.82. The molecule has 128 valence electrons. The Morgan fingerprint density at radius 2 is 2.12 bits per heavy atom. The standard InChI is InChI=1S/C18H24N4O2/c1-14-5-7-15(8-6-14)10-16-4-3-9-21(11-16)13-22-12-19-17(20-22)18(23)24-2/h5-8,12,16H,3-4,9-11,13H2,1-2H3/t16-/m1/s1. The quantitative estimate of drug-likeness (QED) is 0.788. The second-order valence-electron chi connectivity index (χ2n) is 6.52. The van der Waals surface area contributed by atoms with Crippen molar-refractivity contribution in [1.29, 1.82) is 0 Å². The highest BCUT2D eigenvalue weighted by molar-refractivity contribution is 5.84. The predicted octanol–water partition coefficient (Wildman–Crippen LogP) is 2.29. The Bertz CT molecular complexity index is 681. The van der Waals surface area contributed by atoms with Gasteiger partial charge in [0.05, 0.1) is 13.8 Å². The molecule has 1 aliphatic heterocycles. The predicted molar refractivity (Wildman–Crippen MR) is 90.5 cm³/mol. The van der Waals surface area contributed by atoms with Gasteiger partial charge in [0, 0.05) is 6.54 Å². The van der Waals surface area contributed by atoms with Gasteiger partial charge in [-0.2, -0.15) is 0 Å². The first-order valence-electron chi connectivity index (χ1n) is 8.39. The second-order valence-corrected chi connectivity index (χ2v) is 6.52. The van der Waals surface area contributed by atoms with E-state index < -0.39 is 5.97 Å². The number of hydrogen-bond donors (Lipinski definition) is 0. The van der Waals surface area contributed by atoms with Crippen molar-refractivity contribution in [1.82, 2.24) is 19.7 Å². The monoisotopic (exact) mass is 328 g/mol. The number of aromatic nitrogens is 3. The van der Waals surface area contributed by atoms with Crippen molar-refractivity contribution >= 4 is 5.97 Å². The van der Waals surface area contributed by atoms with Crippen molar-refractivity contribution in [2.45, 2.75) is 32.9 Å². The number of carbonyl (C=O) groups is 1. The highest BCUT2D eigenvalue weighted by Gasteiger charge is 2.21. The number of rotatable bonds is 5. The molecule has 6 nitrogen and oxygen atoms in total. The van der Waals surface area contributed by atoms with Crippen LogP contribution in [-0.2, 0) is 17.8 Å². The fourth-order valence-electron chi connectivity index (χ4n) is 3.26. The Morgan fingerprint density at radius 3 is 2.88 bits per heavy atom. The van der Waals surface area contributed by atoms with E-state index in [2.05, 4.69) is 50.9 Å². The van der Waals surface area contributed by atoms with Crippen molar-refractivity contribution in [2.24, 2.45) is 5.92 Å². The summed E-state index contributed by atoms with van der Waals surface area (Å²) < 4.78 is 6.35. The first-order valence-corrected chi connectivity index (χ1v) is 8.39. The molecule has 0 bridgehead atoms. The lowest BCUT2D eigenvalue weighted by molar-refractivity contribution is 0.0584. The average Bonchev–Trinajstić information content (AvgIpc) is 3.05. The van der Waals surface area contributed by atoms with Crippen LogP contribution in [0.2, 0.25) is 0 Å². The summed E-state index contributed by atoms with van der Waals surface area (Å²) in [5, 5.41) is 4.18. The normalized spacial score (nSPS) is 18.5. The molecule has 3 rings (SSSR count). The molecular formula is C18H24N4O2. The third kappa shape index (κ3) is 4.20. The average molecular weight is 328 g/mol. The van der Waals surface area contributed by atoms with Gasteiger partial charge in [0.2, 0.25) is 0 Å². The van der Waals surface area contributed by atoms with Crippen LogP contribution < -0.4 is 0 Å². The zero-order chi connectivity index (χ0) is 16.9. The first-order chi connectivity index (χ1) is 11.6. The summed E-state index contributed by atoms with van der Waals surface area (Å²) in [4.78, 5) is 17.8. The van der Waals surface area contributed by atoms with Gasteiger partial charge >= 0.3 is 5.97 Å². The third-order valence-electron chi connectivity index (χ3n) is 4.50. The molecule has 0 saturated carbocycles. The van der Waals surface area contributed by atoms with E-state index in [1.54, 1.807) is 11.0 Å². The molecule has 2 heterocycles. The van der Waals surface area contributed by atoms with Gasteiger partial charge in [0.25, 0.3) is 5.82 Å². The van der Waals surface area contributed by atoms with Gasteiger partial charge in [0.1, 0.15) is 6.33 Å². The van der Waals surface area contributed by atoms with Crippen molar-refractivity contribution < 1.29 is 9.53 Å². The zero-order valence-corrected chi connectivity index (χ0v) is 14.3. The van der Waals surface area contributed by atoms with Crippen LogP contribution in [0.3, 0.4) is 0 Å². The van der Waals surface area contributed by atoms with Gasteiger partial charge in [-0.25, -0.2) is 14.5 Å². The smallest absolute Gasteiger partial charge is 0.377 e. The van der Waals surface area contributed by atoms with Crippen LogP contribution in [0.25, 0.3) is 0 Å². The molecule has 0 amide bonds. The molecule has 1 fully saturated rings. The Balaban J connectivity index is 1.56. The summed E-state index contributed by atoms with van der Waals surface area (Å²) in [5.74, 6) is 0.278. The van der Waals surface area contributed by atoms with E-state index in [4.69, 9.17) is 0 Å². The van der Waals surface area contributed by atoms with Crippen molar-refractivity contribution in [2.75, 3.05) is 20.2 Å². The highest BCUT2D eigenvalue weighted by atomic mass is 16.5. The van der Waals surface area contributed by atoms with Crippen molar-refractivity contribution in [3.63, 3.8) is 0 Å². The number of nitrogens with zero attached hydrogens (tertiary/aromatic N) is 4. The minimum atomic E-state index is -0.496. The molecule has 0 aliphatic carbocycles. The number of hydrogen-bond acceptors (Lipinski definition) is 5. The van der Waals surface area contributed by atoms with Crippen LogP contribution in [0, 0.1) is 12.8 Å². The van der Waals surface area contributed by atoms with Crippen LogP contribution in [0.5, 0.6) is 0 Å². The number of aryl methyl sites for hydroxylation is 1. The van der Waals surface area contributed by atoms with E-state index in [0.29, 0.717) is 12.6 Å². The number of ether oxygens (including phenoxy) is 1. The molecule has 1 aromatic carbocycles. The number of piperidine rings is 1. The summed E-state index contributed by atoms with van der Waals surface area (Å²) >= 11 is 0. The van der Waals surface area contributed by atoms with Crippen LogP contribution in [0.15, 0.2) is 30.6 Å². The largest absolute Gasteiger partial charge is 0.463 e. The van der Waals surface area contributed by atoms with Gasteiger partial charge < -0.3 is 4.74 Å². The van der Waals surface area contributed by atoms with Crippen molar-refractivity contribution in [3.8, 4) is 0 Å². The maximum absolute atomic E-state index is 11.4. The van der Waals surface area contributed by atoms with Gasteiger partial charge in [0.15, 0.2) is 0 Å². The van der Waals surface area contributed by atoms with Gasteiger partial charge in [-0.05, 0) is 44.2 Å². The number of methoxy groups -OCH3 is 1. The second kappa shape index (κ2) is 7.57. The molecular weight excluding hydrogens is 304 g/mol. The minimum Gasteiger partial charge on any atom is -0.463 e. The Hall–Kier alpha value is -2.21. The van der Waals surface area contributed by atoms with E-state index in [0.717, 1.165) is 19.5 Å². The van der Waals surface area contributed by atoms with Crippen LogP contribution >= 0.6 is 0 Å². The van der Waals surface area contributed by atoms with Crippen LogP contribution in [0.4, 0.5) is 0 Å². The lowest BCUT2D eigenvalue weighted by Crippen LogP contribution is -2.37. The summed E-state index contributed by atoms with van der Waals surface area (Å²) in [6.07, 6.45) is 5.15. The Morgan fingerprint density at radius 1 is 1.33 bits per heavy atom. The van der Waals surface area contributed by atoms with E-state index in [1.165, 1.54) is 31.1 Å². The first kappa shape index (κ1) is 16.6. The number of likely N-dealkylation sites (tertiary alicyclic amines) is 1. The SMILES string of the molecule is COC(=O)c1ncn(CN2CCC[C@H](Cc3ccc(C)cc3)C2)n1. The van der Waals surface area contributed by atoms with Crippen LogP contribution in [-0.4, -0.2) is 45.8 Å². The zero-order valence-electron chi connectivity index (χ0n) is 14.3. The summed E-state index contributed by atoms with van der Waals surface area (Å²) in [6.45, 7) is 4.88. The topological polar surface area (TPSA) is 60.2 Å². The number of esters is 1. The van der Waals surface area contributed by atoms with Gasteiger partial charge in [-0.15, -0.1) is 5.10 Å². The highest BCUT2D eigenvalue weighted by Crippen LogP contribution is 2.21. The van der Waals surface area contributed by atoms with Gasteiger partial charge in [-0.1, -0.05) is 29.8 Å². The third-order valence-corrected chi connectivity index (χ3v) is 4.50.